The van der Waals surface area contributed by atoms with E-state index in [0.717, 1.165) is 18.7 Å². The van der Waals surface area contributed by atoms with Crippen molar-refractivity contribution in [2.24, 2.45) is 0 Å². The number of carbonyl (C=O) groups is 2. The summed E-state index contributed by atoms with van der Waals surface area (Å²) in [4.78, 5) is 36.2. The summed E-state index contributed by atoms with van der Waals surface area (Å²) in [6, 6.07) is 22.6. The van der Waals surface area contributed by atoms with Crippen LogP contribution in [0.25, 0.3) is 0 Å². The highest BCUT2D eigenvalue weighted by Crippen LogP contribution is 2.26. The molecule has 2 aliphatic heterocycles. The first-order chi connectivity index (χ1) is 16.2. The largest absolute Gasteiger partial charge is 0.438 e. The molecular formula is C26H26N4O3. The number of para-hydroxylation sites is 1. The summed E-state index contributed by atoms with van der Waals surface area (Å²) < 4.78 is 5.86. The smallest absolute Gasteiger partial charge is 0.259 e. The predicted octanol–water partition coefficient (Wildman–Crippen LogP) is 3.16. The molecule has 1 aromatic heterocycles. The van der Waals surface area contributed by atoms with Gasteiger partial charge in [-0.1, -0.05) is 36.4 Å². The van der Waals surface area contributed by atoms with Gasteiger partial charge in [-0.2, -0.15) is 0 Å². The number of carbonyl (C=O) groups excluding carboxylic acids is 2. The molecule has 3 aromatic rings. The average molecular weight is 443 g/mol. The molecule has 0 aliphatic carbocycles. The van der Waals surface area contributed by atoms with Crippen LogP contribution in [0, 0.1) is 0 Å². The van der Waals surface area contributed by atoms with Crippen molar-refractivity contribution in [3.8, 4) is 11.6 Å². The highest BCUT2D eigenvalue weighted by atomic mass is 16.5. The number of hydrogen-bond acceptors (Lipinski definition) is 5. The lowest BCUT2D eigenvalue weighted by atomic mass is 10.0. The number of hydrogen-bond donors (Lipinski definition) is 0. The van der Waals surface area contributed by atoms with Gasteiger partial charge in [0.15, 0.2) is 0 Å². The molecule has 0 bridgehead atoms. The molecule has 0 N–H and O–H groups in total. The lowest BCUT2D eigenvalue weighted by Gasteiger charge is -2.48. The van der Waals surface area contributed by atoms with Crippen molar-refractivity contribution in [1.82, 2.24) is 19.7 Å². The van der Waals surface area contributed by atoms with Gasteiger partial charge in [-0.25, -0.2) is 4.98 Å². The fraction of sp³-hybridized carbons (Fsp3) is 0.269. The van der Waals surface area contributed by atoms with Crippen molar-refractivity contribution in [3.63, 3.8) is 0 Å². The molecule has 0 spiro atoms. The molecule has 2 aliphatic rings. The van der Waals surface area contributed by atoms with Crippen molar-refractivity contribution < 1.29 is 14.3 Å². The quantitative estimate of drug-likeness (QED) is 0.607. The third-order valence-electron chi connectivity index (χ3n) is 6.25. The highest BCUT2D eigenvalue weighted by Gasteiger charge is 2.37. The van der Waals surface area contributed by atoms with Gasteiger partial charge in [0, 0.05) is 57.1 Å². The number of nitrogens with zero attached hydrogens (tertiary/aromatic N) is 4. The van der Waals surface area contributed by atoms with Gasteiger partial charge in [0.2, 0.25) is 5.88 Å². The van der Waals surface area contributed by atoms with Crippen molar-refractivity contribution in [2.45, 2.75) is 6.04 Å². The van der Waals surface area contributed by atoms with Gasteiger partial charge in [0.05, 0.1) is 0 Å². The third kappa shape index (κ3) is 4.59. The van der Waals surface area contributed by atoms with Gasteiger partial charge in [-0.3, -0.25) is 14.5 Å². The maximum Gasteiger partial charge on any atom is 0.259 e. The van der Waals surface area contributed by atoms with E-state index in [9.17, 15) is 9.59 Å². The molecule has 2 amide bonds. The molecule has 0 atom stereocenters. The van der Waals surface area contributed by atoms with Crippen molar-refractivity contribution in [1.29, 1.82) is 0 Å². The first-order valence-corrected chi connectivity index (χ1v) is 11.2. The van der Waals surface area contributed by atoms with E-state index in [0.29, 0.717) is 49.4 Å². The molecule has 0 saturated carbocycles. The van der Waals surface area contributed by atoms with Gasteiger partial charge in [0.25, 0.3) is 11.8 Å². The monoisotopic (exact) mass is 442 g/mol. The zero-order valence-corrected chi connectivity index (χ0v) is 18.3. The van der Waals surface area contributed by atoms with E-state index >= 15 is 0 Å². The Hall–Kier alpha value is -3.71. The van der Waals surface area contributed by atoms with E-state index in [2.05, 4.69) is 9.88 Å². The Labute approximate surface area is 193 Å². The van der Waals surface area contributed by atoms with Crippen molar-refractivity contribution in [2.75, 3.05) is 39.3 Å². The SMILES string of the molecule is O=C(c1ccccc1)N1CCN(C2CN(C(=O)c3cccnc3Oc3ccccc3)C2)CC1. The Morgan fingerprint density at radius 2 is 1.42 bits per heavy atom. The molecule has 3 heterocycles. The molecule has 0 radical (unpaired) electrons. The van der Waals surface area contributed by atoms with Gasteiger partial charge in [0.1, 0.15) is 11.3 Å². The number of likely N-dealkylation sites (tertiary alicyclic amines) is 1. The van der Waals surface area contributed by atoms with E-state index < -0.39 is 0 Å². The standard InChI is InChI=1S/C26H26N4O3/c31-25(20-8-3-1-4-9-20)29-16-14-28(15-17-29)21-18-30(19-21)26(32)23-12-7-13-27-24(23)33-22-10-5-2-6-11-22/h1-13,21H,14-19H2. The summed E-state index contributed by atoms with van der Waals surface area (Å²) in [6.45, 7) is 4.39. The molecule has 7 nitrogen and oxygen atoms in total. The topological polar surface area (TPSA) is 66.0 Å². The number of amides is 2. The summed E-state index contributed by atoms with van der Waals surface area (Å²) in [7, 11) is 0. The van der Waals surface area contributed by atoms with E-state index in [1.165, 1.54) is 0 Å². The summed E-state index contributed by atoms with van der Waals surface area (Å²) in [5.41, 5.74) is 1.20. The van der Waals surface area contributed by atoms with Gasteiger partial charge in [-0.05, 0) is 36.4 Å². The minimum Gasteiger partial charge on any atom is -0.438 e. The molecule has 168 valence electrons. The second kappa shape index (κ2) is 9.42. The van der Waals surface area contributed by atoms with Crippen molar-refractivity contribution in [3.05, 3.63) is 90.1 Å². The van der Waals surface area contributed by atoms with Crippen LogP contribution in [0.3, 0.4) is 0 Å². The van der Waals surface area contributed by atoms with E-state index in [1.807, 2.05) is 70.5 Å². The van der Waals surface area contributed by atoms with Crippen LogP contribution in [0.4, 0.5) is 0 Å². The Morgan fingerprint density at radius 3 is 2.12 bits per heavy atom. The first kappa shape index (κ1) is 21.2. The number of rotatable bonds is 5. The van der Waals surface area contributed by atoms with E-state index in [4.69, 9.17) is 4.74 Å². The lowest BCUT2D eigenvalue weighted by Crippen LogP contribution is -2.64. The molecule has 33 heavy (non-hydrogen) atoms. The number of benzene rings is 2. The molecule has 0 unspecified atom stereocenters. The van der Waals surface area contributed by atoms with Crippen LogP contribution in [0.5, 0.6) is 11.6 Å². The molecular weight excluding hydrogens is 416 g/mol. The maximum atomic E-state index is 13.1. The molecule has 5 rings (SSSR count). The number of aromatic nitrogens is 1. The number of pyridine rings is 1. The highest BCUT2D eigenvalue weighted by molar-refractivity contribution is 5.97. The second-order valence-electron chi connectivity index (χ2n) is 8.33. The summed E-state index contributed by atoms with van der Waals surface area (Å²) in [5, 5.41) is 0. The van der Waals surface area contributed by atoms with Crippen LogP contribution in [-0.4, -0.2) is 76.8 Å². The third-order valence-corrected chi connectivity index (χ3v) is 6.25. The van der Waals surface area contributed by atoms with E-state index in [-0.39, 0.29) is 11.8 Å². The van der Waals surface area contributed by atoms with Crippen LogP contribution in [0.15, 0.2) is 79.0 Å². The Balaban J connectivity index is 1.15. The molecule has 2 aromatic carbocycles. The summed E-state index contributed by atoms with van der Waals surface area (Å²) >= 11 is 0. The zero-order valence-electron chi connectivity index (χ0n) is 18.3. The van der Waals surface area contributed by atoms with Gasteiger partial charge >= 0.3 is 0 Å². The van der Waals surface area contributed by atoms with Crippen LogP contribution in [0.1, 0.15) is 20.7 Å². The van der Waals surface area contributed by atoms with E-state index in [1.54, 1.807) is 18.3 Å². The Bertz CT molecular complexity index is 1110. The normalized spacial score (nSPS) is 16.8. The minimum absolute atomic E-state index is 0.0665. The lowest BCUT2D eigenvalue weighted by molar-refractivity contribution is 0.00839. The van der Waals surface area contributed by atoms with Crippen LogP contribution in [0.2, 0.25) is 0 Å². The second-order valence-corrected chi connectivity index (χ2v) is 8.33. The van der Waals surface area contributed by atoms with Crippen LogP contribution < -0.4 is 4.74 Å². The Morgan fingerprint density at radius 1 is 0.758 bits per heavy atom. The fourth-order valence-electron chi connectivity index (χ4n) is 4.31. The van der Waals surface area contributed by atoms with Crippen LogP contribution in [-0.2, 0) is 0 Å². The minimum atomic E-state index is -0.0665. The van der Waals surface area contributed by atoms with Gasteiger partial charge in [-0.15, -0.1) is 0 Å². The summed E-state index contributed by atoms with van der Waals surface area (Å²) in [5.74, 6) is 0.992. The fourth-order valence-corrected chi connectivity index (χ4v) is 4.31. The Kier molecular flexibility index (Phi) is 6.04. The summed E-state index contributed by atoms with van der Waals surface area (Å²) in [6.07, 6.45) is 1.63. The predicted molar refractivity (Wildman–Crippen MR) is 124 cm³/mol. The number of piperazine rings is 1. The molecule has 7 heteroatoms. The maximum absolute atomic E-state index is 13.1. The zero-order chi connectivity index (χ0) is 22.6. The first-order valence-electron chi connectivity index (χ1n) is 11.2. The van der Waals surface area contributed by atoms with Crippen molar-refractivity contribution >= 4 is 11.8 Å². The number of ether oxygens (including phenoxy) is 1. The molecule has 2 fully saturated rings. The molecule has 2 saturated heterocycles. The van der Waals surface area contributed by atoms with Gasteiger partial charge < -0.3 is 14.5 Å². The average Bonchev–Trinajstić information content (AvgIpc) is 2.84. The van der Waals surface area contributed by atoms with Crippen LogP contribution >= 0.6 is 0 Å².